The second-order valence-corrected chi connectivity index (χ2v) is 6.17. The Morgan fingerprint density at radius 1 is 1.33 bits per heavy atom. The monoisotopic (exact) mass is 332 g/mol. The molecule has 1 heterocycles. The van der Waals surface area contributed by atoms with Gasteiger partial charge in [-0.3, -0.25) is 0 Å². The zero-order chi connectivity index (χ0) is 17.1. The Bertz CT molecular complexity index is 723. The van der Waals surface area contributed by atoms with Crippen LogP contribution in [0, 0.1) is 12.7 Å². The molecule has 0 atom stereocenters. The van der Waals surface area contributed by atoms with E-state index in [-0.39, 0.29) is 12.1 Å². The van der Waals surface area contributed by atoms with Crippen LogP contribution >= 0.6 is 0 Å². The highest BCUT2D eigenvalue weighted by Gasteiger charge is 2.27. The number of amides is 2. The molecule has 3 rings (SSSR count). The maximum absolute atomic E-state index is 13.1. The zero-order valence-corrected chi connectivity index (χ0v) is 13.6. The smallest absolute Gasteiger partial charge is 0.322 e. The predicted molar refractivity (Wildman–Crippen MR) is 88.3 cm³/mol. The number of phenolic OH excluding ortho intramolecular Hbond substituents is 1. The standard InChI is InChI=1S/C18H21FN2O3/c1-12-6-8-15(24-12)11-21(14-4-2-3-5-14)18(23)20-13-7-9-16(19)17(22)10-13/h6-10,14,22H,2-5,11H2,1H3,(H,20,23). The Hall–Kier alpha value is -2.50. The molecule has 1 aliphatic carbocycles. The van der Waals surface area contributed by atoms with Crippen LogP contribution in [0.4, 0.5) is 14.9 Å². The van der Waals surface area contributed by atoms with Crippen molar-refractivity contribution in [2.24, 2.45) is 0 Å². The maximum Gasteiger partial charge on any atom is 0.322 e. The number of urea groups is 1. The molecule has 0 aliphatic heterocycles. The first-order chi connectivity index (χ1) is 11.5. The molecule has 0 saturated heterocycles. The van der Waals surface area contributed by atoms with Crippen LogP contribution in [0.3, 0.4) is 0 Å². The first kappa shape index (κ1) is 16.4. The van der Waals surface area contributed by atoms with Gasteiger partial charge in [-0.1, -0.05) is 12.8 Å². The molecule has 0 radical (unpaired) electrons. The van der Waals surface area contributed by atoms with Crippen LogP contribution < -0.4 is 5.32 Å². The Morgan fingerprint density at radius 2 is 2.08 bits per heavy atom. The number of halogens is 1. The van der Waals surface area contributed by atoms with Gasteiger partial charge in [-0.25, -0.2) is 9.18 Å². The van der Waals surface area contributed by atoms with Gasteiger partial charge in [0.25, 0.3) is 0 Å². The lowest BCUT2D eigenvalue weighted by Crippen LogP contribution is -2.41. The van der Waals surface area contributed by atoms with E-state index < -0.39 is 11.6 Å². The summed E-state index contributed by atoms with van der Waals surface area (Å²) < 4.78 is 18.7. The fourth-order valence-corrected chi connectivity index (χ4v) is 3.11. The van der Waals surface area contributed by atoms with Gasteiger partial charge in [0.05, 0.1) is 6.54 Å². The highest BCUT2D eigenvalue weighted by atomic mass is 19.1. The number of carbonyl (C=O) groups excluding carboxylic acids is 1. The number of aryl methyl sites for hydroxylation is 1. The van der Waals surface area contributed by atoms with Crippen LogP contribution in [0.5, 0.6) is 5.75 Å². The van der Waals surface area contributed by atoms with Crippen molar-refractivity contribution in [2.75, 3.05) is 5.32 Å². The van der Waals surface area contributed by atoms with Crippen LogP contribution in [0.1, 0.15) is 37.2 Å². The third kappa shape index (κ3) is 3.69. The second kappa shape index (κ2) is 6.95. The fourth-order valence-electron chi connectivity index (χ4n) is 3.11. The SMILES string of the molecule is Cc1ccc(CN(C(=O)Nc2ccc(F)c(O)c2)C2CCCC2)o1. The van der Waals surface area contributed by atoms with Gasteiger partial charge in [0.1, 0.15) is 11.5 Å². The molecule has 0 bridgehead atoms. The number of anilines is 1. The average molecular weight is 332 g/mol. The molecule has 1 saturated carbocycles. The molecule has 0 unspecified atom stereocenters. The Morgan fingerprint density at radius 3 is 2.71 bits per heavy atom. The highest BCUT2D eigenvalue weighted by Crippen LogP contribution is 2.27. The molecule has 128 valence electrons. The van der Waals surface area contributed by atoms with E-state index >= 15 is 0 Å². The van der Waals surface area contributed by atoms with Gasteiger partial charge < -0.3 is 19.7 Å². The minimum absolute atomic E-state index is 0.157. The van der Waals surface area contributed by atoms with Gasteiger partial charge in [0.2, 0.25) is 0 Å². The molecule has 2 amide bonds. The number of hydrogen-bond acceptors (Lipinski definition) is 3. The predicted octanol–water partition coefficient (Wildman–Crippen LogP) is 4.41. The van der Waals surface area contributed by atoms with E-state index in [4.69, 9.17) is 4.42 Å². The Kier molecular flexibility index (Phi) is 4.74. The number of carbonyl (C=O) groups is 1. The number of phenols is 1. The number of nitrogens with zero attached hydrogens (tertiary/aromatic N) is 1. The van der Waals surface area contributed by atoms with E-state index in [1.54, 1.807) is 4.90 Å². The number of rotatable bonds is 4. The van der Waals surface area contributed by atoms with Crippen molar-refractivity contribution >= 4 is 11.7 Å². The van der Waals surface area contributed by atoms with E-state index in [1.165, 1.54) is 12.1 Å². The van der Waals surface area contributed by atoms with Crippen molar-refractivity contribution in [3.8, 4) is 5.75 Å². The normalized spacial score (nSPS) is 14.8. The molecule has 2 aromatic rings. The van der Waals surface area contributed by atoms with Gasteiger partial charge in [0, 0.05) is 17.8 Å². The molecule has 1 aliphatic rings. The van der Waals surface area contributed by atoms with Crippen LogP contribution in [0.2, 0.25) is 0 Å². The van der Waals surface area contributed by atoms with E-state index in [2.05, 4.69) is 5.32 Å². The number of furan rings is 1. The molecule has 1 aromatic carbocycles. The minimum Gasteiger partial charge on any atom is -0.505 e. The van der Waals surface area contributed by atoms with Gasteiger partial charge in [-0.2, -0.15) is 0 Å². The molecular weight excluding hydrogens is 311 g/mol. The van der Waals surface area contributed by atoms with Crippen molar-refractivity contribution < 1.29 is 18.7 Å². The molecule has 1 fully saturated rings. The van der Waals surface area contributed by atoms with Crippen molar-refractivity contribution in [3.05, 3.63) is 47.7 Å². The Balaban J connectivity index is 1.75. The van der Waals surface area contributed by atoms with Gasteiger partial charge in [0.15, 0.2) is 11.6 Å². The third-order valence-electron chi connectivity index (χ3n) is 4.35. The van der Waals surface area contributed by atoms with Crippen molar-refractivity contribution in [3.63, 3.8) is 0 Å². The average Bonchev–Trinajstić information content (AvgIpc) is 3.20. The van der Waals surface area contributed by atoms with Crippen LogP contribution in [0.25, 0.3) is 0 Å². The summed E-state index contributed by atoms with van der Waals surface area (Å²) >= 11 is 0. The third-order valence-corrected chi connectivity index (χ3v) is 4.35. The lowest BCUT2D eigenvalue weighted by molar-refractivity contribution is 0.178. The molecule has 1 aromatic heterocycles. The summed E-state index contributed by atoms with van der Waals surface area (Å²) in [5, 5.41) is 12.2. The number of nitrogens with one attached hydrogen (secondary N) is 1. The van der Waals surface area contributed by atoms with Crippen molar-refractivity contribution in [1.82, 2.24) is 4.90 Å². The fraction of sp³-hybridized carbons (Fsp3) is 0.389. The minimum atomic E-state index is -0.716. The molecule has 24 heavy (non-hydrogen) atoms. The molecule has 6 heteroatoms. The first-order valence-corrected chi connectivity index (χ1v) is 8.14. The summed E-state index contributed by atoms with van der Waals surface area (Å²) in [4.78, 5) is 14.5. The summed E-state index contributed by atoms with van der Waals surface area (Å²) in [7, 11) is 0. The lowest BCUT2D eigenvalue weighted by Gasteiger charge is -2.28. The lowest BCUT2D eigenvalue weighted by atomic mass is 10.2. The highest BCUT2D eigenvalue weighted by molar-refractivity contribution is 5.89. The number of hydrogen-bond donors (Lipinski definition) is 2. The van der Waals surface area contributed by atoms with E-state index in [1.807, 2.05) is 19.1 Å². The quantitative estimate of drug-likeness (QED) is 0.871. The second-order valence-electron chi connectivity index (χ2n) is 6.17. The molecular formula is C18H21FN2O3. The molecule has 2 N–H and O–H groups in total. The summed E-state index contributed by atoms with van der Waals surface area (Å²) in [5.41, 5.74) is 0.359. The maximum atomic E-state index is 13.1. The number of benzene rings is 1. The molecule has 5 nitrogen and oxygen atoms in total. The van der Waals surface area contributed by atoms with Gasteiger partial charge in [-0.05, 0) is 44.0 Å². The topological polar surface area (TPSA) is 65.7 Å². The zero-order valence-electron chi connectivity index (χ0n) is 13.6. The van der Waals surface area contributed by atoms with Crippen LogP contribution in [-0.2, 0) is 6.54 Å². The van der Waals surface area contributed by atoms with Gasteiger partial charge in [-0.15, -0.1) is 0 Å². The Labute approximate surface area is 140 Å². The van der Waals surface area contributed by atoms with Crippen LogP contribution in [0.15, 0.2) is 34.7 Å². The van der Waals surface area contributed by atoms with E-state index in [9.17, 15) is 14.3 Å². The summed E-state index contributed by atoms with van der Waals surface area (Å²) in [5.74, 6) is 0.338. The van der Waals surface area contributed by atoms with Crippen molar-refractivity contribution in [2.45, 2.75) is 45.2 Å². The number of aromatic hydroxyl groups is 1. The van der Waals surface area contributed by atoms with Crippen LogP contribution in [-0.4, -0.2) is 22.1 Å². The van der Waals surface area contributed by atoms with Gasteiger partial charge >= 0.3 is 6.03 Å². The van der Waals surface area contributed by atoms with Crippen molar-refractivity contribution in [1.29, 1.82) is 0 Å². The summed E-state index contributed by atoms with van der Waals surface area (Å²) in [6.45, 7) is 2.25. The summed E-state index contributed by atoms with van der Waals surface area (Å²) in [6, 6.07) is 7.38. The van der Waals surface area contributed by atoms with E-state index in [0.717, 1.165) is 43.3 Å². The van der Waals surface area contributed by atoms with E-state index in [0.29, 0.717) is 12.2 Å². The summed E-state index contributed by atoms with van der Waals surface area (Å²) in [6.07, 6.45) is 4.12. The first-order valence-electron chi connectivity index (χ1n) is 8.14. The largest absolute Gasteiger partial charge is 0.505 e. The molecule has 0 spiro atoms.